The first-order valence-electron chi connectivity index (χ1n) is 11.0. The summed E-state index contributed by atoms with van der Waals surface area (Å²) in [5.74, 6) is -0.858. The van der Waals surface area contributed by atoms with Gasteiger partial charge >= 0.3 is 5.91 Å². The molecule has 1 fully saturated rings. The molecule has 2 atom stereocenters. The number of rotatable bonds is 6. The summed E-state index contributed by atoms with van der Waals surface area (Å²) in [6.07, 6.45) is 1.29. The summed E-state index contributed by atoms with van der Waals surface area (Å²) in [6, 6.07) is 7.33. The van der Waals surface area contributed by atoms with E-state index in [1.807, 2.05) is 32.1 Å². The van der Waals surface area contributed by atoms with E-state index in [4.69, 9.17) is 10.2 Å². The molecule has 1 aromatic carbocycles. The van der Waals surface area contributed by atoms with E-state index in [1.54, 1.807) is 12.1 Å². The van der Waals surface area contributed by atoms with E-state index < -0.39 is 37.1 Å². The van der Waals surface area contributed by atoms with Gasteiger partial charge in [0.25, 0.3) is 11.7 Å². The van der Waals surface area contributed by atoms with E-state index >= 15 is 0 Å². The summed E-state index contributed by atoms with van der Waals surface area (Å²) in [5.41, 5.74) is 5.28. The first kappa shape index (κ1) is 24.2. The monoisotopic (exact) mass is 457 g/mol. The summed E-state index contributed by atoms with van der Waals surface area (Å²) in [6.45, 7) is 18.2. The molecule has 8 heteroatoms. The number of amidine groups is 1. The molecule has 3 rings (SSSR count). The minimum atomic E-state index is -2.35. The summed E-state index contributed by atoms with van der Waals surface area (Å²) in [7, 11) is -2.35. The van der Waals surface area contributed by atoms with Gasteiger partial charge in [-0.2, -0.15) is 4.90 Å². The second-order valence-corrected chi connectivity index (χ2v) is 15.7. The van der Waals surface area contributed by atoms with E-state index in [-0.39, 0.29) is 23.8 Å². The van der Waals surface area contributed by atoms with Gasteiger partial charge < -0.3 is 15.4 Å². The van der Waals surface area contributed by atoms with Crippen molar-refractivity contribution in [3.05, 3.63) is 47.7 Å². The lowest BCUT2D eigenvalue weighted by Crippen LogP contribution is -2.66. The number of nitrogens with zero attached hydrogens (tertiary/aromatic N) is 2. The topological polar surface area (TPSA) is 98.7 Å². The largest absolute Gasteiger partial charge is 0.710 e. The van der Waals surface area contributed by atoms with Crippen molar-refractivity contribution >= 4 is 31.7 Å². The number of carbonyl (C=O) groups excluding carboxylic acids is 2. The van der Waals surface area contributed by atoms with E-state index in [1.165, 1.54) is 4.90 Å². The average molecular weight is 458 g/mol. The Morgan fingerprint density at radius 1 is 1.34 bits per heavy atom. The van der Waals surface area contributed by atoms with Gasteiger partial charge in [-0.15, -0.1) is 6.58 Å². The first-order chi connectivity index (χ1) is 14.6. The maximum atomic E-state index is 13.7. The van der Waals surface area contributed by atoms with Crippen LogP contribution in [-0.2, 0) is 19.4 Å². The Hall–Kier alpha value is -2.45. The van der Waals surface area contributed by atoms with Crippen molar-refractivity contribution in [2.45, 2.75) is 70.7 Å². The van der Waals surface area contributed by atoms with Crippen LogP contribution in [0.15, 0.2) is 36.9 Å². The number of benzene rings is 1. The molecule has 0 spiro atoms. The molecule has 0 unspecified atom stereocenters. The molecule has 2 amide bonds. The molecule has 2 aliphatic heterocycles. The first-order valence-corrected chi connectivity index (χ1v) is 13.9. The normalized spacial score (nSPS) is 23.8. The Morgan fingerprint density at radius 2 is 1.94 bits per heavy atom. The summed E-state index contributed by atoms with van der Waals surface area (Å²) < 4.78 is 7.40. The van der Waals surface area contributed by atoms with Gasteiger partial charge in [0.2, 0.25) is 0 Å². The fourth-order valence-electron chi connectivity index (χ4n) is 4.61. The number of piperidine rings is 1. The van der Waals surface area contributed by atoms with Gasteiger partial charge in [-0.3, -0.25) is 4.79 Å². The number of para-hydroxylation sites is 1. The number of amides is 2. The fourth-order valence-corrected chi connectivity index (χ4v) is 5.86. The van der Waals surface area contributed by atoms with Crippen LogP contribution in [0.5, 0.6) is 0 Å². The molecule has 0 saturated carbocycles. The third kappa shape index (κ3) is 3.40. The smallest absolute Gasteiger partial charge is 0.337 e. The number of hydrogen-bond acceptors (Lipinski definition) is 4. The van der Waals surface area contributed by atoms with Crippen LogP contribution in [0.2, 0.25) is 18.1 Å². The highest BCUT2D eigenvalue weighted by Crippen LogP contribution is 2.56. The quantitative estimate of drug-likeness (QED) is 0.304. The maximum Gasteiger partial charge on any atom is 0.337 e. The van der Waals surface area contributed by atoms with Crippen LogP contribution in [0.1, 0.15) is 46.6 Å². The standard InChI is InChI=1S/C24H35N3O4Si/c1-9-23(5,6)24-14-18(31-32(7,8)22(2,3)4)20(29)26(15-19(25)28)21(24)27(30)17-13-11-10-12-16(17)24/h9-13,18H,1,14-15H2,2-8H3,(H2,25,28)/t18-,24-/m1/s1. The molecule has 2 aliphatic rings. The second-order valence-electron chi connectivity index (χ2n) is 10.9. The molecule has 7 nitrogen and oxygen atoms in total. The predicted molar refractivity (Wildman–Crippen MR) is 128 cm³/mol. The number of fused-ring (bicyclic) bond motifs is 3. The molecule has 2 heterocycles. The van der Waals surface area contributed by atoms with Gasteiger partial charge in [-0.25, -0.2) is 9.53 Å². The van der Waals surface area contributed by atoms with Crippen molar-refractivity contribution in [1.29, 1.82) is 0 Å². The Balaban J connectivity index is 2.29. The molecule has 0 radical (unpaired) electrons. The molecule has 32 heavy (non-hydrogen) atoms. The highest BCUT2D eigenvalue weighted by Gasteiger charge is 2.66. The maximum absolute atomic E-state index is 13.7. The van der Waals surface area contributed by atoms with Crippen molar-refractivity contribution in [3.63, 3.8) is 0 Å². The Morgan fingerprint density at radius 3 is 2.47 bits per heavy atom. The van der Waals surface area contributed by atoms with Crippen molar-refractivity contribution in [3.8, 4) is 0 Å². The van der Waals surface area contributed by atoms with E-state index in [2.05, 4.69) is 40.4 Å². The fraction of sp³-hybridized carbons (Fsp3) is 0.542. The SMILES string of the molecule is C=CC(C)(C)[C@@]12C[C@@H](O[Si](C)(C)C(C)(C)C)C(=O)N(CC(N)=O)C1=[N+]([O-])c1ccccc12. The number of likely N-dealkylation sites (tertiary alicyclic amines) is 1. The van der Waals surface area contributed by atoms with Gasteiger partial charge in [-0.1, -0.05) is 58.9 Å². The number of primary amides is 1. The Labute approximate surface area is 191 Å². The highest BCUT2D eigenvalue weighted by molar-refractivity contribution is 6.74. The molecule has 0 aliphatic carbocycles. The minimum absolute atomic E-state index is 0.120. The highest BCUT2D eigenvalue weighted by atomic mass is 28.4. The third-order valence-electron chi connectivity index (χ3n) is 7.61. The van der Waals surface area contributed by atoms with Crippen molar-refractivity contribution in [2.75, 3.05) is 6.54 Å². The molecule has 1 aromatic rings. The zero-order chi connectivity index (χ0) is 24.3. The molecule has 2 N–H and O–H groups in total. The number of nitrogens with two attached hydrogens (primary N) is 1. The van der Waals surface area contributed by atoms with Crippen LogP contribution in [0.3, 0.4) is 0 Å². The summed E-state index contributed by atoms with van der Waals surface area (Å²) in [5, 5.41) is 13.4. The van der Waals surface area contributed by atoms with E-state index in [0.717, 1.165) is 10.3 Å². The summed E-state index contributed by atoms with van der Waals surface area (Å²) in [4.78, 5) is 26.9. The van der Waals surface area contributed by atoms with Crippen LogP contribution >= 0.6 is 0 Å². The zero-order valence-corrected chi connectivity index (χ0v) is 21.2. The van der Waals surface area contributed by atoms with Crippen LogP contribution in [0, 0.1) is 10.6 Å². The van der Waals surface area contributed by atoms with Crippen molar-refractivity contribution in [1.82, 2.24) is 4.90 Å². The number of allylic oxidation sites excluding steroid dienone is 1. The zero-order valence-electron chi connectivity index (χ0n) is 20.2. The molecule has 0 bridgehead atoms. The van der Waals surface area contributed by atoms with Crippen LogP contribution in [-0.4, -0.2) is 48.3 Å². The van der Waals surface area contributed by atoms with Crippen LogP contribution in [0.25, 0.3) is 0 Å². The van der Waals surface area contributed by atoms with Gasteiger partial charge in [0.1, 0.15) is 17.2 Å². The van der Waals surface area contributed by atoms with Crippen LogP contribution < -0.4 is 5.73 Å². The van der Waals surface area contributed by atoms with E-state index in [0.29, 0.717) is 5.69 Å². The van der Waals surface area contributed by atoms with Gasteiger partial charge in [-0.05, 0) is 24.2 Å². The van der Waals surface area contributed by atoms with Crippen molar-refractivity contribution in [2.24, 2.45) is 11.1 Å². The van der Waals surface area contributed by atoms with Crippen LogP contribution in [0.4, 0.5) is 5.69 Å². The number of carbonyl (C=O) groups is 2. The predicted octanol–water partition coefficient (Wildman–Crippen LogP) is 3.80. The lowest BCUT2D eigenvalue weighted by atomic mass is 9.57. The van der Waals surface area contributed by atoms with Gasteiger partial charge in [0.05, 0.1) is 0 Å². The molecule has 174 valence electrons. The van der Waals surface area contributed by atoms with Crippen molar-refractivity contribution < 1.29 is 18.8 Å². The van der Waals surface area contributed by atoms with Gasteiger partial charge in [0, 0.05) is 17.4 Å². The summed E-state index contributed by atoms with van der Waals surface area (Å²) >= 11 is 0. The average Bonchev–Trinajstić information content (AvgIpc) is 2.94. The van der Waals surface area contributed by atoms with E-state index in [9.17, 15) is 14.8 Å². The Kier molecular flexibility index (Phi) is 5.71. The molecular weight excluding hydrogens is 422 g/mol. The lowest BCUT2D eigenvalue weighted by Gasteiger charge is -2.49. The number of hydrogen-bond donors (Lipinski definition) is 1. The minimum Gasteiger partial charge on any atom is -0.710 e. The second kappa shape index (κ2) is 7.56. The third-order valence-corrected chi connectivity index (χ3v) is 12.1. The van der Waals surface area contributed by atoms with Gasteiger partial charge in [0.15, 0.2) is 14.9 Å². The Bertz CT molecular complexity index is 1010. The molecular formula is C24H35N3O4Si. The lowest BCUT2D eigenvalue weighted by molar-refractivity contribution is -0.366. The molecule has 0 aromatic heterocycles. The molecule has 1 saturated heterocycles.